The van der Waals surface area contributed by atoms with E-state index >= 15 is 0 Å². The Morgan fingerprint density at radius 2 is 1.88 bits per heavy atom. The molecule has 0 heterocycles. The number of carbonyl (C=O) groups is 1. The van der Waals surface area contributed by atoms with Crippen molar-refractivity contribution in [1.82, 2.24) is 5.32 Å². The Hall–Kier alpha value is -2.42. The van der Waals surface area contributed by atoms with Crippen molar-refractivity contribution in [3.63, 3.8) is 0 Å². The second-order valence-corrected chi connectivity index (χ2v) is 7.25. The highest BCUT2D eigenvalue weighted by Gasteiger charge is 2.24. The van der Waals surface area contributed by atoms with Crippen LogP contribution in [0.4, 0.5) is 16.2 Å². The van der Waals surface area contributed by atoms with Crippen LogP contribution in [0.25, 0.3) is 0 Å². The van der Waals surface area contributed by atoms with E-state index in [1.165, 1.54) is 0 Å². The van der Waals surface area contributed by atoms with Gasteiger partial charge in [-0.1, -0.05) is 0 Å². The summed E-state index contributed by atoms with van der Waals surface area (Å²) >= 11 is 0. The van der Waals surface area contributed by atoms with Crippen molar-refractivity contribution < 1.29 is 9.53 Å². The zero-order valence-corrected chi connectivity index (χ0v) is 14.6. The van der Waals surface area contributed by atoms with Gasteiger partial charge in [0.2, 0.25) is 0 Å². The van der Waals surface area contributed by atoms with Gasteiger partial charge in [-0.15, -0.1) is 0 Å². The average molecular weight is 330 g/mol. The summed E-state index contributed by atoms with van der Waals surface area (Å²) in [6.45, 7) is 5.57. The maximum absolute atomic E-state index is 11.8. The van der Waals surface area contributed by atoms with Crippen molar-refractivity contribution in [2.45, 2.75) is 64.1 Å². The fourth-order valence-corrected chi connectivity index (χ4v) is 2.84. The molecule has 1 aliphatic rings. The Morgan fingerprint density at radius 1 is 1.25 bits per heavy atom. The number of benzene rings is 1. The van der Waals surface area contributed by atoms with E-state index < -0.39 is 5.60 Å². The molecule has 0 bridgehead atoms. The molecule has 24 heavy (non-hydrogen) atoms. The third-order valence-electron chi connectivity index (χ3n) is 3.99. The first-order valence-corrected chi connectivity index (χ1v) is 8.32. The van der Waals surface area contributed by atoms with Gasteiger partial charge in [-0.25, -0.2) is 4.79 Å². The molecular formula is C18H26N4O2. The fraction of sp³-hybridized carbons (Fsp3) is 0.556. The van der Waals surface area contributed by atoms with Crippen molar-refractivity contribution in [3.8, 4) is 6.07 Å². The molecule has 6 nitrogen and oxygen atoms in total. The van der Waals surface area contributed by atoms with E-state index in [0.717, 1.165) is 31.4 Å². The van der Waals surface area contributed by atoms with Crippen LogP contribution in [0.2, 0.25) is 0 Å². The predicted octanol–water partition coefficient (Wildman–Crippen LogP) is 3.39. The molecule has 0 unspecified atom stereocenters. The van der Waals surface area contributed by atoms with Crippen LogP contribution >= 0.6 is 0 Å². The first-order valence-electron chi connectivity index (χ1n) is 8.32. The van der Waals surface area contributed by atoms with Gasteiger partial charge >= 0.3 is 6.09 Å². The number of anilines is 2. The number of nitrogen functional groups attached to an aromatic ring is 1. The van der Waals surface area contributed by atoms with Gasteiger partial charge in [0.05, 0.1) is 23.0 Å². The van der Waals surface area contributed by atoms with Gasteiger partial charge < -0.3 is 21.1 Å². The molecule has 4 N–H and O–H groups in total. The molecule has 1 aromatic rings. The maximum Gasteiger partial charge on any atom is 0.407 e. The summed E-state index contributed by atoms with van der Waals surface area (Å²) in [5.41, 5.74) is 7.51. The summed E-state index contributed by atoms with van der Waals surface area (Å²) in [5, 5.41) is 15.2. The Balaban J connectivity index is 1.81. The molecule has 0 spiro atoms. The van der Waals surface area contributed by atoms with Gasteiger partial charge in [-0.3, -0.25) is 0 Å². The van der Waals surface area contributed by atoms with Gasteiger partial charge in [0.1, 0.15) is 5.60 Å². The van der Waals surface area contributed by atoms with E-state index in [4.69, 9.17) is 15.7 Å². The minimum atomic E-state index is -0.476. The van der Waals surface area contributed by atoms with E-state index in [9.17, 15) is 4.79 Å². The number of rotatable bonds is 3. The van der Waals surface area contributed by atoms with Crippen molar-refractivity contribution in [2.75, 3.05) is 11.1 Å². The van der Waals surface area contributed by atoms with E-state index in [1.807, 2.05) is 26.8 Å². The number of alkyl carbamates (subject to hydrolysis) is 1. The normalized spacial score (nSPS) is 20.8. The molecule has 2 rings (SSSR count). The van der Waals surface area contributed by atoms with Crippen LogP contribution in [-0.4, -0.2) is 23.8 Å². The lowest BCUT2D eigenvalue weighted by atomic mass is 9.91. The summed E-state index contributed by atoms with van der Waals surface area (Å²) in [6, 6.07) is 7.83. The largest absolute Gasteiger partial charge is 0.444 e. The SMILES string of the molecule is CC(C)(C)OC(=O)NC1CCC(Nc2ccc(C#N)cc2N)CC1. The summed E-state index contributed by atoms with van der Waals surface area (Å²) < 4.78 is 5.29. The first-order chi connectivity index (χ1) is 11.3. The monoisotopic (exact) mass is 330 g/mol. The topological polar surface area (TPSA) is 100 Å². The van der Waals surface area contributed by atoms with E-state index in [-0.39, 0.29) is 12.1 Å². The minimum Gasteiger partial charge on any atom is -0.444 e. The number of carbonyl (C=O) groups excluding carboxylic acids is 1. The highest BCUT2D eigenvalue weighted by molar-refractivity contribution is 5.69. The lowest BCUT2D eigenvalue weighted by molar-refractivity contribution is 0.0492. The molecule has 0 aromatic heterocycles. The number of nitrogens with zero attached hydrogens (tertiary/aromatic N) is 1. The Morgan fingerprint density at radius 3 is 2.42 bits per heavy atom. The van der Waals surface area contributed by atoms with E-state index in [2.05, 4.69) is 16.7 Å². The van der Waals surface area contributed by atoms with Gasteiger partial charge in [0.15, 0.2) is 0 Å². The second-order valence-electron chi connectivity index (χ2n) is 7.25. The zero-order valence-electron chi connectivity index (χ0n) is 14.6. The van der Waals surface area contributed by atoms with E-state index in [1.54, 1.807) is 12.1 Å². The molecule has 1 saturated carbocycles. The third-order valence-corrected chi connectivity index (χ3v) is 3.99. The Labute approximate surface area is 143 Å². The average Bonchev–Trinajstić information content (AvgIpc) is 2.49. The van der Waals surface area contributed by atoms with Gasteiger partial charge in [0.25, 0.3) is 0 Å². The number of nitriles is 1. The van der Waals surface area contributed by atoms with Gasteiger partial charge in [-0.05, 0) is 64.7 Å². The van der Waals surface area contributed by atoms with Crippen molar-refractivity contribution >= 4 is 17.5 Å². The molecule has 130 valence electrons. The van der Waals surface area contributed by atoms with Crippen molar-refractivity contribution in [3.05, 3.63) is 23.8 Å². The van der Waals surface area contributed by atoms with Crippen LogP contribution in [0, 0.1) is 11.3 Å². The molecule has 0 aliphatic heterocycles. The molecule has 0 atom stereocenters. The molecule has 6 heteroatoms. The number of hydrogen-bond acceptors (Lipinski definition) is 5. The van der Waals surface area contributed by atoms with Crippen LogP contribution < -0.4 is 16.4 Å². The van der Waals surface area contributed by atoms with Crippen LogP contribution in [0.5, 0.6) is 0 Å². The van der Waals surface area contributed by atoms with Crippen LogP contribution in [0.3, 0.4) is 0 Å². The molecule has 0 radical (unpaired) electrons. The number of nitrogens with one attached hydrogen (secondary N) is 2. The number of nitrogens with two attached hydrogens (primary N) is 1. The molecular weight excluding hydrogens is 304 g/mol. The van der Waals surface area contributed by atoms with E-state index in [0.29, 0.717) is 17.3 Å². The summed E-state index contributed by atoms with van der Waals surface area (Å²) in [5.74, 6) is 0. The number of hydrogen-bond donors (Lipinski definition) is 3. The summed E-state index contributed by atoms with van der Waals surface area (Å²) in [4.78, 5) is 11.8. The molecule has 1 amide bonds. The lowest BCUT2D eigenvalue weighted by Gasteiger charge is -2.31. The third kappa shape index (κ3) is 5.34. The molecule has 1 aromatic carbocycles. The molecule has 1 aliphatic carbocycles. The highest BCUT2D eigenvalue weighted by Crippen LogP contribution is 2.26. The minimum absolute atomic E-state index is 0.149. The fourth-order valence-electron chi connectivity index (χ4n) is 2.84. The van der Waals surface area contributed by atoms with Crippen LogP contribution in [0.1, 0.15) is 52.0 Å². The molecule has 0 saturated heterocycles. The Kier molecular flexibility index (Phi) is 5.55. The maximum atomic E-state index is 11.8. The zero-order chi connectivity index (χ0) is 17.7. The smallest absolute Gasteiger partial charge is 0.407 e. The summed E-state index contributed by atoms with van der Waals surface area (Å²) in [7, 11) is 0. The number of amides is 1. The van der Waals surface area contributed by atoms with Gasteiger partial charge in [0, 0.05) is 12.1 Å². The van der Waals surface area contributed by atoms with Crippen molar-refractivity contribution in [2.24, 2.45) is 0 Å². The first kappa shape index (κ1) is 17.9. The molecule has 1 fully saturated rings. The summed E-state index contributed by atoms with van der Waals surface area (Å²) in [6.07, 6.45) is 3.33. The van der Waals surface area contributed by atoms with Crippen LogP contribution in [0.15, 0.2) is 18.2 Å². The Bertz CT molecular complexity index is 623. The predicted molar refractivity (Wildman–Crippen MR) is 94.6 cm³/mol. The lowest BCUT2D eigenvalue weighted by Crippen LogP contribution is -2.42. The number of ether oxygens (including phenoxy) is 1. The van der Waals surface area contributed by atoms with Crippen LogP contribution in [-0.2, 0) is 4.74 Å². The standard InChI is InChI=1S/C18H26N4O2/c1-18(2,3)24-17(23)22-14-7-5-13(6-8-14)21-16-9-4-12(11-19)10-15(16)20/h4,9-10,13-14,21H,5-8,20H2,1-3H3,(H,22,23). The van der Waals surface area contributed by atoms with Crippen molar-refractivity contribution in [1.29, 1.82) is 5.26 Å². The van der Waals surface area contributed by atoms with Gasteiger partial charge in [-0.2, -0.15) is 5.26 Å². The highest BCUT2D eigenvalue weighted by atomic mass is 16.6. The second kappa shape index (κ2) is 7.43. The quantitative estimate of drug-likeness (QED) is 0.738.